The molecule has 0 saturated carbocycles. The Morgan fingerprint density at radius 1 is 1.47 bits per heavy atom. The maximum Gasteiger partial charge on any atom is 0.213 e. The molecule has 90 valence electrons. The second kappa shape index (κ2) is 4.80. The number of sulfonamides is 1. The van der Waals surface area contributed by atoms with Gasteiger partial charge in [0, 0.05) is 11.6 Å². The first kappa shape index (κ1) is 12.9. The maximum absolute atomic E-state index is 11.8. The van der Waals surface area contributed by atoms with Gasteiger partial charge in [-0.25, -0.2) is 13.1 Å². The smallest absolute Gasteiger partial charge is 0.213 e. The van der Waals surface area contributed by atoms with Crippen molar-refractivity contribution in [3.8, 4) is 0 Å². The Hall–Kier alpha value is -0.130. The molecule has 1 rings (SSSR count). The lowest BCUT2D eigenvalue weighted by atomic mass is 10.0. The summed E-state index contributed by atoms with van der Waals surface area (Å²) in [5.41, 5.74) is -0.336. The molecule has 0 aliphatic carbocycles. The molecule has 0 aromatic carbocycles. The van der Waals surface area contributed by atoms with Gasteiger partial charge in [-0.1, -0.05) is 6.92 Å². The standard InChI is InChI=1S/C10H22N2O2S/c1-4-10(2,3)12-15(13,14)8-9-6-5-7-11-9/h9,11-12H,4-8H2,1-3H3. The molecule has 15 heavy (non-hydrogen) atoms. The quantitative estimate of drug-likeness (QED) is 0.741. The van der Waals surface area contributed by atoms with Crippen LogP contribution in [0.25, 0.3) is 0 Å². The van der Waals surface area contributed by atoms with Crippen molar-refractivity contribution in [1.29, 1.82) is 0 Å². The zero-order valence-electron chi connectivity index (χ0n) is 9.84. The summed E-state index contributed by atoms with van der Waals surface area (Å²) in [5, 5.41) is 3.20. The van der Waals surface area contributed by atoms with Gasteiger partial charge < -0.3 is 5.32 Å². The number of nitrogens with one attached hydrogen (secondary N) is 2. The fourth-order valence-electron chi connectivity index (χ4n) is 1.70. The molecule has 2 N–H and O–H groups in total. The molecule has 0 aromatic rings. The van der Waals surface area contributed by atoms with Gasteiger partial charge in [-0.15, -0.1) is 0 Å². The first-order chi connectivity index (χ1) is 6.85. The first-order valence-corrected chi connectivity index (χ1v) is 7.25. The van der Waals surface area contributed by atoms with Crippen molar-refractivity contribution in [1.82, 2.24) is 10.0 Å². The lowest BCUT2D eigenvalue weighted by molar-refractivity contribution is 0.437. The van der Waals surface area contributed by atoms with E-state index in [2.05, 4.69) is 10.0 Å². The van der Waals surface area contributed by atoms with E-state index >= 15 is 0 Å². The number of hydrogen-bond donors (Lipinski definition) is 2. The number of hydrogen-bond acceptors (Lipinski definition) is 3. The van der Waals surface area contributed by atoms with Crippen LogP contribution in [0.3, 0.4) is 0 Å². The summed E-state index contributed by atoms with van der Waals surface area (Å²) in [6.45, 7) is 6.74. The summed E-state index contributed by atoms with van der Waals surface area (Å²) in [4.78, 5) is 0. The van der Waals surface area contributed by atoms with Crippen molar-refractivity contribution in [2.75, 3.05) is 12.3 Å². The average Bonchev–Trinajstić information content (AvgIpc) is 2.54. The Kier molecular flexibility index (Phi) is 4.14. The predicted molar refractivity (Wildman–Crippen MR) is 62.3 cm³/mol. The van der Waals surface area contributed by atoms with Crippen molar-refractivity contribution in [3.05, 3.63) is 0 Å². The van der Waals surface area contributed by atoms with Crippen LogP contribution in [0.15, 0.2) is 0 Å². The average molecular weight is 234 g/mol. The fraction of sp³-hybridized carbons (Fsp3) is 1.00. The Balaban J connectivity index is 2.51. The minimum Gasteiger partial charge on any atom is -0.313 e. The molecule has 1 atom stereocenters. The third-order valence-electron chi connectivity index (χ3n) is 2.90. The minimum atomic E-state index is -3.15. The molecule has 5 heteroatoms. The van der Waals surface area contributed by atoms with Crippen LogP contribution in [0.4, 0.5) is 0 Å². The van der Waals surface area contributed by atoms with Gasteiger partial charge in [0.2, 0.25) is 10.0 Å². The molecule has 1 aliphatic heterocycles. The van der Waals surface area contributed by atoms with E-state index in [0.29, 0.717) is 0 Å². The maximum atomic E-state index is 11.8. The Bertz CT molecular complexity index is 293. The molecule has 1 unspecified atom stereocenters. The molecule has 1 heterocycles. The van der Waals surface area contributed by atoms with Gasteiger partial charge in [-0.3, -0.25) is 0 Å². The zero-order chi connectivity index (χ0) is 11.5. The van der Waals surface area contributed by atoms with Crippen molar-refractivity contribution in [2.45, 2.75) is 51.6 Å². The summed E-state index contributed by atoms with van der Waals surface area (Å²) in [6.07, 6.45) is 2.84. The normalized spacial score (nSPS) is 23.3. The zero-order valence-corrected chi connectivity index (χ0v) is 10.7. The van der Waals surface area contributed by atoms with E-state index in [-0.39, 0.29) is 17.3 Å². The first-order valence-electron chi connectivity index (χ1n) is 5.60. The molecule has 1 aliphatic rings. The molecule has 1 fully saturated rings. The summed E-state index contributed by atoms with van der Waals surface area (Å²) < 4.78 is 26.4. The molecule has 0 radical (unpaired) electrons. The van der Waals surface area contributed by atoms with Crippen LogP contribution in [0.2, 0.25) is 0 Å². The van der Waals surface area contributed by atoms with Gasteiger partial charge in [0.1, 0.15) is 0 Å². The van der Waals surface area contributed by atoms with Crippen LogP contribution >= 0.6 is 0 Å². The fourth-order valence-corrected chi connectivity index (χ4v) is 3.58. The Morgan fingerprint density at radius 3 is 2.60 bits per heavy atom. The van der Waals surface area contributed by atoms with Crippen molar-refractivity contribution < 1.29 is 8.42 Å². The summed E-state index contributed by atoms with van der Waals surface area (Å²) >= 11 is 0. The second-order valence-corrected chi connectivity index (χ2v) is 6.68. The van der Waals surface area contributed by atoms with E-state index in [4.69, 9.17) is 0 Å². The molecule has 0 amide bonds. The number of rotatable bonds is 5. The summed E-state index contributed by atoms with van der Waals surface area (Å²) in [6, 6.07) is 0.134. The van der Waals surface area contributed by atoms with Crippen LogP contribution in [0.1, 0.15) is 40.0 Å². The highest BCUT2D eigenvalue weighted by atomic mass is 32.2. The van der Waals surface area contributed by atoms with Gasteiger partial charge in [0.15, 0.2) is 0 Å². The Labute approximate surface area is 92.9 Å². The lowest BCUT2D eigenvalue weighted by Crippen LogP contribution is -2.46. The van der Waals surface area contributed by atoms with Crippen LogP contribution in [-0.2, 0) is 10.0 Å². The molecule has 4 nitrogen and oxygen atoms in total. The van der Waals surface area contributed by atoms with Gasteiger partial charge in [-0.2, -0.15) is 0 Å². The highest BCUT2D eigenvalue weighted by Crippen LogP contribution is 2.12. The van der Waals surface area contributed by atoms with E-state index in [1.165, 1.54) is 0 Å². The van der Waals surface area contributed by atoms with Gasteiger partial charge in [0.25, 0.3) is 0 Å². The summed E-state index contributed by atoms with van der Waals surface area (Å²) in [7, 11) is -3.15. The lowest BCUT2D eigenvalue weighted by Gasteiger charge is -2.25. The largest absolute Gasteiger partial charge is 0.313 e. The topological polar surface area (TPSA) is 58.2 Å². The highest BCUT2D eigenvalue weighted by Gasteiger charge is 2.27. The van der Waals surface area contributed by atoms with E-state index in [0.717, 1.165) is 25.8 Å². The molecule has 0 aromatic heterocycles. The molecule has 1 saturated heterocycles. The SMILES string of the molecule is CCC(C)(C)NS(=O)(=O)CC1CCCN1. The van der Waals surface area contributed by atoms with E-state index in [1.54, 1.807) is 0 Å². The van der Waals surface area contributed by atoms with Crippen LogP contribution in [0, 0.1) is 0 Å². The molecule has 0 bridgehead atoms. The second-order valence-electron chi connectivity index (χ2n) is 4.91. The van der Waals surface area contributed by atoms with Gasteiger partial charge in [-0.05, 0) is 39.7 Å². The monoisotopic (exact) mass is 234 g/mol. The van der Waals surface area contributed by atoms with E-state index < -0.39 is 10.0 Å². The van der Waals surface area contributed by atoms with E-state index in [1.807, 2.05) is 20.8 Å². The third-order valence-corrected chi connectivity index (χ3v) is 4.60. The molecule has 0 spiro atoms. The molecular weight excluding hydrogens is 212 g/mol. The highest BCUT2D eigenvalue weighted by molar-refractivity contribution is 7.89. The van der Waals surface area contributed by atoms with Crippen LogP contribution in [0.5, 0.6) is 0 Å². The van der Waals surface area contributed by atoms with Crippen LogP contribution < -0.4 is 10.0 Å². The molecular formula is C10H22N2O2S. The minimum absolute atomic E-state index is 0.134. The van der Waals surface area contributed by atoms with Gasteiger partial charge in [0.05, 0.1) is 5.75 Å². The Morgan fingerprint density at radius 2 is 2.13 bits per heavy atom. The van der Waals surface area contributed by atoms with E-state index in [9.17, 15) is 8.42 Å². The van der Waals surface area contributed by atoms with Gasteiger partial charge >= 0.3 is 0 Å². The van der Waals surface area contributed by atoms with Crippen molar-refractivity contribution in [3.63, 3.8) is 0 Å². The van der Waals surface area contributed by atoms with Crippen molar-refractivity contribution >= 4 is 10.0 Å². The summed E-state index contributed by atoms with van der Waals surface area (Å²) in [5.74, 6) is 0.205. The third kappa shape index (κ3) is 4.49. The predicted octanol–water partition coefficient (Wildman–Crippen LogP) is 0.846. The van der Waals surface area contributed by atoms with Crippen LogP contribution in [-0.4, -0.2) is 32.3 Å². The van der Waals surface area contributed by atoms with Crippen molar-refractivity contribution in [2.24, 2.45) is 0 Å².